The van der Waals surface area contributed by atoms with E-state index >= 15 is 0 Å². The van der Waals surface area contributed by atoms with Crippen LogP contribution in [0.2, 0.25) is 0 Å². The van der Waals surface area contributed by atoms with Gasteiger partial charge in [-0.05, 0) is 24.6 Å². The van der Waals surface area contributed by atoms with Gasteiger partial charge in [0.1, 0.15) is 5.76 Å². The van der Waals surface area contributed by atoms with Crippen LogP contribution in [0.3, 0.4) is 0 Å². The van der Waals surface area contributed by atoms with Gasteiger partial charge in [0.15, 0.2) is 11.5 Å². The minimum atomic E-state index is -0.619. The van der Waals surface area contributed by atoms with E-state index in [4.69, 9.17) is 4.42 Å². The molecule has 0 saturated heterocycles. The maximum atomic E-state index is 12.7. The van der Waals surface area contributed by atoms with E-state index in [1.165, 1.54) is 4.90 Å². The summed E-state index contributed by atoms with van der Waals surface area (Å²) in [6.45, 7) is 1.73. The summed E-state index contributed by atoms with van der Waals surface area (Å²) in [7, 11) is 1.56. The Kier molecular flexibility index (Phi) is 3.33. The third-order valence-corrected chi connectivity index (χ3v) is 3.76. The Morgan fingerprint density at radius 2 is 1.86 bits per heavy atom. The van der Waals surface area contributed by atoms with Crippen LogP contribution in [-0.2, 0) is 4.79 Å². The first-order valence-corrected chi connectivity index (χ1v) is 6.87. The van der Waals surface area contributed by atoms with Gasteiger partial charge in [0.05, 0.1) is 11.6 Å². The molecule has 1 unspecified atom stereocenters. The van der Waals surface area contributed by atoms with Gasteiger partial charge in [-0.1, -0.05) is 30.3 Å². The number of aliphatic hydroxyl groups excluding tert-OH is 1. The second kappa shape index (κ2) is 5.18. The van der Waals surface area contributed by atoms with E-state index in [-0.39, 0.29) is 11.3 Å². The van der Waals surface area contributed by atoms with E-state index in [0.717, 1.165) is 5.56 Å². The summed E-state index contributed by atoms with van der Waals surface area (Å²) in [5.74, 6) is -0.853. The molecule has 0 fully saturated rings. The quantitative estimate of drug-likeness (QED) is 0.884. The van der Waals surface area contributed by atoms with Crippen molar-refractivity contribution in [2.24, 2.45) is 0 Å². The molecule has 2 heterocycles. The molecule has 5 heteroatoms. The van der Waals surface area contributed by atoms with Gasteiger partial charge in [-0.25, -0.2) is 0 Å². The lowest BCUT2D eigenvalue weighted by Gasteiger charge is -2.22. The Balaban J connectivity index is 2.09. The van der Waals surface area contributed by atoms with Gasteiger partial charge < -0.3 is 14.4 Å². The second-order valence-corrected chi connectivity index (χ2v) is 5.23. The fraction of sp³-hybridized carbons (Fsp3) is 0.176. The van der Waals surface area contributed by atoms with Crippen molar-refractivity contribution in [1.82, 2.24) is 4.90 Å². The van der Waals surface area contributed by atoms with Crippen LogP contribution in [0.15, 0.2) is 58.2 Å². The van der Waals surface area contributed by atoms with E-state index in [0.29, 0.717) is 5.76 Å². The SMILES string of the molecule is Cc1ccc(C(=O)C2=C(O)C(=O)N(C)C2c2ccccc2)o1. The predicted molar refractivity (Wildman–Crippen MR) is 79.4 cm³/mol. The molecule has 0 radical (unpaired) electrons. The summed E-state index contributed by atoms with van der Waals surface area (Å²) >= 11 is 0. The summed E-state index contributed by atoms with van der Waals surface area (Å²) in [5.41, 5.74) is 0.807. The average Bonchev–Trinajstić information content (AvgIpc) is 3.05. The molecule has 1 N–H and O–H groups in total. The van der Waals surface area contributed by atoms with Crippen LogP contribution in [-0.4, -0.2) is 28.7 Å². The first kappa shape index (κ1) is 14.1. The van der Waals surface area contributed by atoms with Crippen molar-refractivity contribution < 1.29 is 19.1 Å². The molecule has 0 bridgehead atoms. The van der Waals surface area contributed by atoms with Crippen LogP contribution in [0.25, 0.3) is 0 Å². The summed E-state index contributed by atoms with van der Waals surface area (Å²) in [6.07, 6.45) is 0. The van der Waals surface area contributed by atoms with E-state index in [2.05, 4.69) is 0 Å². The number of nitrogens with zero attached hydrogens (tertiary/aromatic N) is 1. The average molecular weight is 297 g/mol. The van der Waals surface area contributed by atoms with Crippen molar-refractivity contribution in [2.75, 3.05) is 7.05 Å². The topological polar surface area (TPSA) is 70.8 Å². The van der Waals surface area contributed by atoms with Gasteiger partial charge in [-0.15, -0.1) is 0 Å². The molecule has 0 aliphatic carbocycles. The Hall–Kier alpha value is -2.82. The van der Waals surface area contributed by atoms with Gasteiger partial charge >= 0.3 is 0 Å². The van der Waals surface area contributed by atoms with Crippen molar-refractivity contribution in [3.63, 3.8) is 0 Å². The number of benzene rings is 1. The number of likely N-dealkylation sites (N-methyl/N-ethyl adjacent to an activating group) is 1. The highest BCUT2D eigenvalue weighted by atomic mass is 16.3. The van der Waals surface area contributed by atoms with Gasteiger partial charge in [0.25, 0.3) is 5.91 Å². The number of carbonyl (C=O) groups is 2. The summed E-state index contributed by atoms with van der Waals surface area (Å²) < 4.78 is 5.34. The van der Waals surface area contributed by atoms with Crippen LogP contribution in [0.1, 0.15) is 27.9 Å². The number of ketones is 1. The molecule has 112 valence electrons. The molecule has 22 heavy (non-hydrogen) atoms. The van der Waals surface area contributed by atoms with Crippen LogP contribution < -0.4 is 0 Å². The van der Waals surface area contributed by atoms with Gasteiger partial charge in [0.2, 0.25) is 5.78 Å². The summed E-state index contributed by atoms with van der Waals surface area (Å²) in [4.78, 5) is 26.1. The molecule has 0 saturated carbocycles. The maximum absolute atomic E-state index is 12.7. The third kappa shape index (κ3) is 2.11. The van der Waals surface area contributed by atoms with Crippen molar-refractivity contribution in [2.45, 2.75) is 13.0 Å². The minimum Gasteiger partial charge on any atom is -0.503 e. The first-order valence-electron chi connectivity index (χ1n) is 6.87. The van der Waals surface area contributed by atoms with Crippen LogP contribution in [0, 0.1) is 6.92 Å². The molecule has 1 aromatic heterocycles. The van der Waals surface area contributed by atoms with Crippen molar-refractivity contribution >= 4 is 11.7 Å². The minimum absolute atomic E-state index is 0.0491. The lowest BCUT2D eigenvalue weighted by atomic mass is 9.95. The largest absolute Gasteiger partial charge is 0.503 e. The smallest absolute Gasteiger partial charge is 0.289 e. The Morgan fingerprint density at radius 1 is 1.18 bits per heavy atom. The number of rotatable bonds is 3. The van der Waals surface area contributed by atoms with Crippen molar-refractivity contribution in [3.8, 4) is 0 Å². The number of amides is 1. The molecule has 1 aliphatic heterocycles. The number of Topliss-reactive ketones (excluding diaryl/α,β-unsaturated/α-hetero) is 1. The second-order valence-electron chi connectivity index (χ2n) is 5.23. The third-order valence-electron chi connectivity index (χ3n) is 3.76. The fourth-order valence-electron chi connectivity index (χ4n) is 2.67. The number of aryl methyl sites for hydroxylation is 1. The zero-order chi connectivity index (χ0) is 15.9. The Morgan fingerprint density at radius 3 is 2.45 bits per heavy atom. The van der Waals surface area contributed by atoms with E-state index < -0.39 is 23.5 Å². The van der Waals surface area contributed by atoms with E-state index in [1.807, 2.05) is 30.3 Å². The Labute approximate surface area is 127 Å². The van der Waals surface area contributed by atoms with Crippen molar-refractivity contribution in [1.29, 1.82) is 0 Å². The lowest BCUT2D eigenvalue weighted by Crippen LogP contribution is -2.26. The predicted octanol–water partition coefficient (Wildman–Crippen LogP) is 2.80. The highest BCUT2D eigenvalue weighted by Crippen LogP contribution is 2.37. The molecule has 2 aromatic rings. The number of furan rings is 1. The molecule has 1 aromatic carbocycles. The molecule has 0 spiro atoms. The summed E-state index contributed by atoms with van der Waals surface area (Å²) in [6, 6.07) is 11.7. The molecule has 3 rings (SSSR count). The maximum Gasteiger partial charge on any atom is 0.289 e. The molecule has 1 amide bonds. The molecule has 5 nitrogen and oxygen atoms in total. The zero-order valence-electron chi connectivity index (χ0n) is 12.2. The molecular formula is C17H15NO4. The van der Waals surface area contributed by atoms with Crippen LogP contribution in [0.4, 0.5) is 0 Å². The zero-order valence-corrected chi connectivity index (χ0v) is 12.2. The van der Waals surface area contributed by atoms with Gasteiger partial charge in [-0.3, -0.25) is 9.59 Å². The number of carbonyl (C=O) groups excluding carboxylic acids is 2. The monoisotopic (exact) mass is 297 g/mol. The summed E-state index contributed by atoms with van der Waals surface area (Å²) in [5, 5.41) is 10.1. The number of aliphatic hydroxyl groups is 1. The lowest BCUT2D eigenvalue weighted by molar-refractivity contribution is -0.128. The fourth-order valence-corrected chi connectivity index (χ4v) is 2.67. The molecule has 1 aliphatic rings. The van der Waals surface area contributed by atoms with Gasteiger partial charge in [0, 0.05) is 7.05 Å². The van der Waals surface area contributed by atoms with Crippen LogP contribution >= 0.6 is 0 Å². The number of hydrogen-bond donors (Lipinski definition) is 1. The Bertz CT molecular complexity index is 773. The van der Waals surface area contributed by atoms with Crippen molar-refractivity contribution in [3.05, 3.63) is 70.9 Å². The first-order chi connectivity index (χ1) is 10.5. The molecular weight excluding hydrogens is 282 g/mol. The van der Waals surface area contributed by atoms with E-state index in [9.17, 15) is 14.7 Å². The van der Waals surface area contributed by atoms with E-state index in [1.54, 1.807) is 26.1 Å². The van der Waals surface area contributed by atoms with Crippen LogP contribution in [0.5, 0.6) is 0 Å². The van der Waals surface area contributed by atoms with Gasteiger partial charge in [-0.2, -0.15) is 0 Å². The highest BCUT2D eigenvalue weighted by Gasteiger charge is 2.42. The molecule has 1 atom stereocenters. The standard InChI is InChI=1S/C17H15NO4/c1-10-8-9-12(22-10)15(19)13-14(11-6-4-3-5-7-11)18(2)17(21)16(13)20/h3-9,14,20H,1-2H3. The normalized spacial score (nSPS) is 18.2. The highest BCUT2D eigenvalue weighted by molar-refractivity contribution is 6.14. The number of hydrogen-bond acceptors (Lipinski definition) is 4.